The predicted octanol–water partition coefficient (Wildman–Crippen LogP) is 5.26. The Bertz CT molecular complexity index is 1320. The van der Waals surface area contributed by atoms with E-state index in [1.165, 1.54) is 11.3 Å². The van der Waals surface area contributed by atoms with Crippen LogP contribution in [0.25, 0.3) is 0 Å². The van der Waals surface area contributed by atoms with Crippen molar-refractivity contribution in [2.75, 3.05) is 43.1 Å². The van der Waals surface area contributed by atoms with Crippen molar-refractivity contribution < 1.29 is 14.3 Å². The lowest BCUT2D eigenvalue weighted by Gasteiger charge is -2.27. The van der Waals surface area contributed by atoms with E-state index in [-0.39, 0.29) is 49.0 Å². The number of nitrogens with zero attached hydrogens (tertiary/aromatic N) is 6. The van der Waals surface area contributed by atoms with Gasteiger partial charge >= 0.3 is 0 Å². The largest absolute Gasteiger partial charge is 0.493 e. The summed E-state index contributed by atoms with van der Waals surface area (Å²) in [7, 11) is 3.71. The van der Waals surface area contributed by atoms with Crippen molar-refractivity contribution in [1.82, 2.24) is 19.7 Å². The summed E-state index contributed by atoms with van der Waals surface area (Å²) in [5.41, 5.74) is 3.69. The highest BCUT2D eigenvalue weighted by Gasteiger charge is 2.45. The first kappa shape index (κ1) is 37.2. The average Bonchev–Trinajstić information content (AvgIpc) is 3.23. The third-order valence-corrected chi connectivity index (χ3v) is 7.35. The number of ether oxygens (including phenoxy) is 1. The molecule has 0 aliphatic carbocycles. The van der Waals surface area contributed by atoms with Gasteiger partial charge in [-0.3, -0.25) is 24.2 Å². The fraction of sp³-hybridized carbons (Fsp3) is 0.467. The van der Waals surface area contributed by atoms with Gasteiger partial charge in [0, 0.05) is 58.7 Å². The van der Waals surface area contributed by atoms with Crippen molar-refractivity contribution in [2.45, 2.75) is 47.1 Å². The lowest BCUT2D eigenvalue weighted by atomic mass is 9.90. The molecule has 0 atom stereocenters. The van der Waals surface area contributed by atoms with Gasteiger partial charge in [-0.25, -0.2) is 0 Å². The van der Waals surface area contributed by atoms with Crippen LogP contribution >= 0.6 is 37.2 Å². The molecule has 0 radical (unpaired) electrons. The number of carbonyl (C=O) groups excluding carboxylic acids is 2. The Kier molecular flexibility index (Phi) is 14.3. The number of aryl methyl sites for hydroxylation is 2. The summed E-state index contributed by atoms with van der Waals surface area (Å²) in [6, 6.07) is 11.8. The van der Waals surface area contributed by atoms with Gasteiger partial charge in [-0.05, 0) is 70.4 Å². The van der Waals surface area contributed by atoms with Crippen LogP contribution in [0, 0.1) is 12.3 Å². The molecule has 12 heteroatoms. The second kappa shape index (κ2) is 16.1. The maximum absolute atomic E-state index is 13.1. The SMILES string of the molecule is CCN1C(=O)C(C)(C)C(=O)N(C)c2cc(OCCCN(CCc3cccnc3)Cc3cc(C)nn3C)ccc21.Cl.Cl.Cl. The topological polar surface area (TPSA) is 83.8 Å². The van der Waals surface area contributed by atoms with Crippen molar-refractivity contribution in [2.24, 2.45) is 12.5 Å². The fourth-order valence-electron chi connectivity index (χ4n) is 5.09. The molecule has 1 aliphatic heterocycles. The number of aromatic nitrogens is 3. The number of hydrogen-bond acceptors (Lipinski definition) is 6. The molecule has 1 aliphatic rings. The Hall–Kier alpha value is -2.85. The van der Waals surface area contributed by atoms with E-state index in [0.29, 0.717) is 24.6 Å². The molecule has 9 nitrogen and oxygen atoms in total. The Morgan fingerprint density at radius 1 is 0.976 bits per heavy atom. The van der Waals surface area contributed by atoms with Crippen LogP contribution in [0.15, 0.2) is 48.8 Å². The van der Waals surface area contributed by atoms with Gasteiger partial charge in [0.2, 0.25) is 11.8 Å². The van der Waals surface area contributed by atoms with Crippen LogP contribution in [-0.4, -0.2) is 64.8 Å². The van der Waals surface area contributed by atoms with E-state index >= 15 is 0 Å². The highest BCUT2D eigenvalue weighted by molar-refractivity contribution is 6.20. The van der Waals surface area contributed by atoms with Gasteiger partial charge in [-0.15, -0.1) is 37.2 Å². The minimum absolute atomic E-state index is 0. The minimum atomic E-state index is -1.13. The van der Waals surface area contributed by atoms with Gasteiger partial charge in [0.05, 0.1) is 29.4 Å². The summed E-state index contributed by atoms with van der Waals surface area (Å²) >= 11 is 0. The normalized spacial score (nSPS) is 14.0. The lowest BCUT2D eigenvalue weighted by molar-refractivity contribution is -0.137. The van der Waals surface area contributed by atoms with Gasteiger partial charge in [-0.1, -0.05) is 6.07 Å². The fourth-order valence-corrected chi connectivity index (χ4v) is 5.09. The van der Waals surface area contributed by atoms with Crippen LogP contribution in [0.3, 0.4) is 0 Å². The van der Waals surface area contributed by atoms with Crippen molar-refractivity contribution in [3.05, 3.63) is 65.7 Å². The first-order valence-corrected chi connectivity index (χ1v) is 13.6. The second-order valence-electron chi connectivity index (χ2n) is 10.7. The number of rotatable bonds is 11. The number of amides is 2. The molecule has 4 rings (SSSR count). The average molecular weight is 642 g/mol. The highest BCUT2D eigenvalue weighted by Crippen LogP contribution is 2.40. The predicted molar refractivity (Wildman–Crippen MR) is 175 cm³/mol. The number of fused-ring (bicyclic) bond motifs is 1. The Labute approximate surface area is 267 Å². The van der Waals surface area contributed by atoms with Gasteiger partial charge in [0.25, 0.3) is 0 Å². The highest BCUT2D eigenvalue weighted by atomic mass is 35.5. The van der Waals surface area contributed by atoms with E-state index in [9.17, 15) is 9.59 Å². The second-order valence-corrected chi connectivity index (χ2v) is 10.7. The molecule has 232 valence electrons. The number of hydrogen-bond donors (Lipinski definition) is 0. The molecule has 0 fully saturated rings. The minimum Gasteiger partial charge on any atom is -0.493 e. The van der Waals surface area contributed by atoms with E-state index in [2.05, 4.69) is 27.1 Å². The first-order valence-electron chi connectivity index (χ1n) is 13.6. The van der Waals surface area contributed by atoms with Crippen LogP contribution in [0.5, 0.6) is 5.75 Å². The molecule has 0 spiro atoms. The van der Waals surface area contributed by atoms with Crippen LogP contribution in [0.1, 0.15) is 44.1 Å². The number of pyridine rings is 1. The first-order chi connectivity index (χ1) is 18.6. The molecular weight excluding hydrogens is 599 g/mol. The van der Waals surface area contributed by atoms with Crippen LogP contribution < -0.4 is 14.5 Å². The van der Waals surface area contributed by atoms with Crippen LogP contribution in [-0.2, 0) is 29.6 Å². The van der Waals surface area contributed by atoms with Gasteiger partial charge in [0.15, 0.2) is 0 Å². The van der Waals surface area contributed by atoms with E-state index in [1.807, 2.05) is 56.0 Å². The molecule has 3 heterocycles. The zero-order valence-electron chi connectivity index (χ0n) is 25.2. The molecule has 42 heavy (non-hydrogen) atoms. The third-order valence-electron chi connectivity index (χ3n) is 7.35. The molecule has 0 saturated carbocycles. The molecular formula is C30H43Cl3N6O3. The quantitative estimate of drug-likeness (QED) is 0.210. The Morgan fingerprint density at radius 3 is 2.33 bits per heavy atom. The molecule has 0 saturated heterocycles. The zero-order valence-corrected chi connectivity index (χ0v) is 27.7. The lowest BCUT2D eigenvalue weighted by Crippen LogP contribution is -2.47. The van der Waals surface area contributed by atoms with E-state index in [4.69, 9.17) is 4.74 Å². The molecule has 1 aromatic carbocycles. The molecule has 0 N–H and O–H groups in total. The Balaban J connectivity index is 0.00000294. The van der Waals surface area contributed by atoms with Crippen molar-refractivity contribution >= 4 is 60.4 Å². The van der Waals surface area contributed by atoms with Crippen LogP contribution in [0.2, 0.25) is 0 Å². The summed E-state index contributed by atoms with van der Waals surface area (Å²) in [6.07, 6.45) is 5.47. The standard InChI is InChI=1S/C30H40N6O3.3ClH/c1-7-36-26-12-11-25(19-27(26)33(5)28(37)30(3,4)29(36)38)39-17-9-15-35(16-13-23-10-8-14-31-20-23)21-24-18-22(2)32-34(24)6;;;/h8,10-12,14,18-20H,7,9,13,15-17,21H2,1-6H3;3*1H. The van der Waals surface area contributed by atoms with E-state index < -0.39 is 5.41 Å². The number of halogens is 3. The van der Waals surface area contributed by atoms with Crippen LogP contribution in [0.4, 0.5) is 11.4 Å². The summed E-state index contributed by atoms with van der Waals surface area (Å²) in [5, 5.41) is 4.50. The van der Waals surface area contributed by atoms with Gasteiger partial charge < -0.3 is 14.5 Å². The summed E-state index contributed by atoms with van der Waals surface area (Å²) in [6.45, 7) is 10.9. The van der Waals surface area contributed by atoms with Crippen molar-refractivity contribution in [3.63, 3.8) is 0 Å². The summed E-state index contributed by atoms with van der Waals surface area (Å²) < 4.78 is 8.09. The monoisotopic (exact) mass is 640 g/mol. The zero-order chi connectivity index (χ0) is 28.2. The smallest absolute Gasteiger partial charge is 0.242 e. The van der Waals surface area contributed by atoms with E-state index in [1.54, 1.807) is 36.9 Å². The number of carbonyl (C=O) groups is 2. The Morgan fingerprint density at radius 2 is 1.71 bits per heavy atom. The van der Waals surface area contributed by atoms with Gasteiger partial charge in [-0.2, -0.15) is 5.10 Å². The summed E-state index contributed by atoms with van der Waals surface area (Å²) in [4.78, 5) is 36.1. The number of benzene rings is 1. The molecule has 2 aromatic heterocycles. The molecule has 2 amide bonds. The molecule has 0 unspecified atom stereocenters. The van der Waals surface area contributed by atoms with Crippen molar-refractivity contribution in [1.29, 1.82) is 0 Å². The maximum Gasteiger partial charge on any atom is 0.242 e. The maximum atomic E-state index is 13.1. The van der Waals surface area contributed by atoms with E-state index in [0.717, 1.165) is 43.9 Å². The molecule has 3 aromatic rings. The van der Waals surface area contributed by atoms with Gasteiger partial charge in [0.1, 0.15) is 11.2 Å². The third kappa shape index (κ3) is 8.37. The number of anilines is 2. The molecule has 0 bridgehead atoms. The van der Waals surface area contributed by atoms with Crippen molar-refractivity contribution in [3.8, 4) is 5.75 Å². The summed E-state index contributed by atoms with van der Waals surface area (Å²) in [5.74, 6) is 0.265.